The van der Waals surface area contributed by atoms with Gasteiger partial charge in [0.15, 0.2) is 5.96 Å². The fourth-order valence-electron chi connectivity index (χ4n) is 3.43. The zero-order valence-electron chi connectivity index (χ0n) is 17.5. The lowest BCUT2D eigenvalue weighted by atomic mass is 10.1. The van der Waals surface area contributed by atoms with E-state index < -0.39 is 6.10 Å². The van der Waals surface area contributed by atoms with Crippen LogP contribution in [0.25, 0.3) is 0 Å². The lowest BCUT2D eigenvalue weighted by molar-refractivity contribution is 0.187. The summed E-state index contributed by atoms with van der Waals surface area (Å²) in [7, 11) is 0. The van der Waals surface area contributed by atoms with Crippen molar-refractivity contribution in [1.29, 1.82) is 0 Å². The zero-order chi connectivity index (χ0) is 20.6. The standard InChI is InChI=1S/C22H30ClN5O.HI/c1-3-24-22(26-15-20(29)18-6-4-5-7-19(18)23)27-17-10-12-28(13-11-17)21-9-8-16(2)14-25-21;/h4-9,14,17,20,29H,3,10-13,15H2,1-2H3,(H2,24,26,27);1H. The Labute approximate surface area is 201 Å². The number of benzene rings is 1. The first-order valence-electron chi connectivity index (χ1n) is 10.2. The molecule has 30 heavy (non-hydrogen) atoms. The predicted molar refractivity (Wildman–Crippen MR) is 135 cm³/mol. The maximum atomic E-state index is 10.4. The number of guanidine groups is 1. The van der Waals surface area contributed by atoms with E-state index in [2.05, 4.69) is 44.6 Å². The molecule has 0 radical (unpaired) electrons. The summed E-state index contributed by atoms with van der Waals surface area (Å²) in [6.45, 7) is 7.01. The number of nitrogens with one attached hydrogen (secondary N) is 2. The van der Waals surface area contributed by atoms with Crippen molar-refractivity contribution in [2.24, 2.45) is 4.99 Å². The molecule has 1 fully saturated rings. The predicted octanol–water partition coefficient (Wildman–Crippen LogP) is 3.92. The first-order valence-corrected chi connectivity index (χ1v) is 10.6. The summed E-state index contributed by atoms with van der Waals surface area (Å²) in [6.07, 6.45) is 3.20. The fourth-order valence-corrected chi connectivity index (χ4v) is 3.70. The number of piperidine rings is 1. The van der Waals surface area contributed by atoms with E-state index in [-0.39, 0.29) is 30.5 Å². The largest absolute Gasteiger partial charge is 0.386 e. The summed E-state index contributed by atoms with van der Waals surface area (Å²) in [6, 6.07) is 11.9. The normalized spacial score (nSPS) is 16.0. The van der Waals surface area contributed by atoms with Crippen LogP contribution in [0, 0.1) is 6.92 Å². The molecule has 1 aromatic carbocycles. The highest BCUT2D eigenvalue weighted by atomic mass is 127. The minimum atomic E-state index is -0.728. The lowest BCUT2D eigenvalue weighted by Crippen LogP contribution is -2.49. The molecular weight excluding hydrogens is 513 g/mol. The van der Waals surface area contributed by atoms with E-state index in [0.717, 1.165) is 44.3 Å². The average Bonchev–Trinajstić information content (AvgIpc) is 2.73. The maximum Gasteiger partial charge on any atom is 0.191 e. The van der Waals surface area contributed by atoms with E-state index >= 15 is 0 Å². The van der Waals surface area contributed by atoms with E-state index in [9.17, 15) is 5.11 Å². The van der Waals surface area contributed by atoms with Crippen molar-refractivity contribution in [2.45, 2.75) is 38.8 Å². The maximum absolute atomic E-state index is 10.4. The van der Waals surface area contributed by atoms with Crippen LogP contribution in [0.2, 0.25) is 5.02 Å². The molecule has 1 aliphatic rings. The van der Waals surface area contributed by atoms with Crippen LogP contribution in [-0.2, 0) is 0 Å². The summed E-state index contributed by atoms with van der Waals surface area (Å²) in [5.41, 5.74) is 1.88. The third-order valence-corrected chi connectivity index (χ3v) is 5.43. The zero-order valence-corrected chi connectivity index (χ0v) is 20.6. The summed E-state index contributed by atoms with van der Waals surface area (Å²) in [4.78, 5) is 11.4. The van der Waals surface area contributed by atoms with Gasteiger partial charge in [0.2, 0.25) is 0 Å². The molecule has 0 aliphatic carbocycles. The Morgan fingerprint density at radius 2 is 2.00 bits per heavy atom. The van der Waals surface area contributed by atoms with Crippen molar-refractivity contribution in [3.63, 3.8) is 0 Å². The lowest BCUT2D eigenvalue weighted by Gasteiger charge is -2.34. The highest BCUT2D eigenvalue weighted by Gasteiger charge is 2.21. The van der Waals surface area contributed by atoms with E-state index in [0.29, 0.717) is 16.6 Å². The van der Waals surface area contributed by atoms with Crippen LogP contribution in [0.1, 0.15) is 37.0 Å². The molecule has 1 atom stereocenters. The second kappa shape index (κ2) is 12.3. The number of aryl methyl sites for hydroxylation is 1. The number of halogens is 2. The Hall–Kier alpha value is -1.58. The van der Waals surface area contributed by atoms with Crippen molar-refractivity contribution >= 4 is 47.4 Å². The number of hydrogen-bond acceptors (Lipinski definition) is 4. The van der Waals surface area contributed by atoms with Crippen molar-refractivity contribution in [3.8, 4) is 0 Å². The molecule has 0 saturated carbocycles. The first-order chi connectivity index (χ1) is 14.1. The first kappa shape index (κ1) is 24.7. The summed E-state index contributed by atoms with van der Waals surface area (Å²) in [5, 5.41) is 17.8. The second-order valence-corrected chi connectivity index (χ2v) is 7.76. The quantitative estimate of drug-likeness (QED) is 0.293. The van der Waals surface area contributed by atoms with E-state index in [1.807, 2.05) is 31.3 Å². The number of aliphatic hydroxyl groups excluding tert-OH is 1. The van der Waals surface area contributed by atoms with Crippen LogP contribution < -0.4 is 15.5 Å². The van der Waals surface area contributed by atoms with Crippen molar-refractivity contribution in [1.82, 2.24) is 15.6 Å². The number of aliphatic hydroxyl groups is 1. The van der Waals surface area contributed by atoms with Gasteiger partial charge in [0, 0.05) is 42.5 Å². The summed E-state index contributed by atoms with van der Waals surface area (Å²) >= 11 is 6.17. The number of aromatic nitrogens is 1. The molecule has 1 unspecified atom stereocenters. The molecule has 2 heterocycles. The van der Waals surface area contributed by atoms with Gasteiger partial charge in [-0.3, -0.25) is 4.99 Å². The van der Waals surface area contributed by atoms with Crippen LogP contribution in [-0.4, -0.2) is 48.3 Å². The van der Waals surface area contributed by atoms with Gasteiger partial charge in [-0.2, -0.15) is 0 Å². The smallest absolute Gasteiger partial charge is 0.191 e. The number of nitrogens with zero attached hydrogens (tertiary/aromatic N) is 3. The third-order valence-electron chi connectivity index (χ3n) is 5.09. The molecule has 1 aliphatic heterocycles. The Balaban J connectivity index is 0.00000320. The Bertz CT molecular complexity index is 809. The molecule has 0 bridgehead atoms. The van der Waals surface area contributed by atoms with Crippen LogP contribution in [0.5, 0.6) is 0 Å². The number of pyridine rings is 1. The van der Waals surface area contributed by atoms with Gasteiger partial charge in [-0.15, -0.1) is 24.0 Å². The minimum Gasteiger partial charge on any atom is -0.386 e. The highest BCUT2D eigenvalue weighted by Crippen LogP contribution is 2.22. The highest BCUT2D eigenvalue weighted by molar-refractivity contribution is 14.0. The molecule has 2 aromatic rings. The average molecular weight is 544 g/mol. The molecule has 8 heteroatoms. The van der Waals surface area contributed by atoms with Crippen molar-refractivity contribution in [2.75, 3.05) is 31.1 Å². The number of hydrogen-bond donors (Lipinski definition) is 3. The van der Waals surface area contributed by atoms with Gasteiger partial charge in [0.1, 0.15) is 11.9 Å². The van der Waals surface area contributed by atoms with Crippen LogP contribution in [0.15, 0.2) is 47.6 Å². The molecule has 0 amide bonds. The number of aliphatic imine (C=N–C) groups is 1. The van der Waals surface area contributed by atoms with Crippen molar-refractivity contribution < 1.29 is 5.11 Å². The Morgan fingerprint density at radius 1 is 1.27 bits per heavy atom. The monoisotopic (exact) mass is 543 g/mol. The molecule has 3 rings (SSSR count). The minimum absolute atomic E-state index is 0. The molecular formula is C22H31ClIN5O. The van der Waals surface area contributed by atoms with Crippen LogP contribution >= 0.6 is 35.6 Å². The molecule has 6 nitrogen and oxygen atoms in total. The van der Waals surface area contributed by atoms with E-state index in [1.165, 1.54) is 5.56 Å². The summed E-state index contributed by atoms with van der Waals surface area (Å²) < 4.78 is 0. The van der Waals surface area contributed by atoms with Gasteiger partial charge in [-0.1, -0.05) is 35.9 Å². The SMILES string of the molecule is CCNC(=NCC(O)c1ccccc1Cl)NC1CCN(c2ccc(C)cn2)CC1.I. The van der Waals surface area contributed by atoms with Gasteiger partial charge in [0.25, 0.3) is 0 Å². The Kier molecular flexibility index (Phi) is 10.1. The van der Waals surface area contributed by atoms with Gasteiger partial charge in [0.05, 0.1) is 6.54 Å². The molecule has 1 aromatic heterocycles. The molecule has 164 valence electrons. The van der Waals surface area contributed by atoms with E-state index in [4.69, 9.17) is 11.6 Å². The van der Waals surface area contributed by atoms with Gasteiger partial charge < -0.3 is 20.6 Å². The van der Waals surface area contributed by atoms with Gasteiger partial charge >= 0.3 is 0 Å². The number of anilines is 1. The Morgan fingerprint density at radius 3 is 2.63 bits per heavy atom. The summed E-state index contributed by atoms with van der Waals surface area (Å²) in [5.74, 6) is 1.77. The molecule has 0 spiro atoms. The van der Waals surface area contributed by atoms with Crippen LogP contribution in [0.3, 0.4) is 0 Å². The second-order valence-electron chi connectivity index (χ2n) is 7.36. The van der Waals surface area contributed by atoms with Gasteiger partial charge in [-0.25, -0.2) is 4.98 Å². The topological polar surface area (TPSA) is 72.8 Å². The van der Waals surface area contributed by atoms with Crippen molar-refractivity contribution in [3.05, 3.63) is 58.7 Å². The van der Waals surface area contributed by atoms with Crippen LogP contribution in [0.4, 0.5) is 5.82 Å². The fraction of sp³-hybridized carbons (Fsp3) is 0.455. The van der Waals surface area contributed by atoms with Gasteiger partial charge in [-0.05, 0) is 44.4 Å². The third kappa shape index (κ3) is 6.99. The van der Waals surface area contributed by atoms with E-state index in [1.54, 1.807) is 6.07 Å². The number of rotatable bonds is 6. The molecule has 3 N–H and O–H groups in total. The molecule has 1 saturated heterocycles.